The van der Waals surface area contributed by atoms with Crippen molar-refractivity contribution < 1.29 is 4.57 Å². The van der Waals surface area contributed by atoms with Gasteiger partial charge in [0.15, 0.2) is 0 Å². The maximum absolute atomic E-state index is 15.2. The molecule has 5 aromatic rings. The molecule has 194 valence electrons. The maximum Gasteiger partial charge on any atom is 0.286 e. The Kier molecular flexibility index (Phi) is 7.04. The number of fused-ring (bicyclic) bond motifs is 2. The van der Waals surface area contributed by atoms with Crippen molar-refractivity contribution in [1.82, 2.24) is 14.4 Å². The third kappa shape index (κ3) is 4.89. The highest BCUT2D eigenvalue weighted by Crippen LogP contribution is 2.56. The molecule has 39 heavy (non-hydrogen) atoms. The summed E-state index contributed by atoms with van der Waals surface area (Å²) in [6, 6.07) is 38.5. The second-order valence-electron chi connectivity index (χ2n) is 10.1. The molecule has 1 N–H and O–H groups in total. The fraction of sp³-hybridized carbons (Fsp3) is 0.182. The average Bonchev–Trinajstić information content (AvgIpc) is 3.27. The summed E-state index contributed by atoms with van der Waals surface area (Å²) in [6.07, 6.45) is 0. The lowest BCUT2D eigenvalue weighted by Gasteiger charge is -2.33. The Morgan fingerprint density at radius 3 is 2.05 bits per heavy atom. The van der Waals surface area contributed by atoms with Crippen LogP contribution in [0, 0.1) is 18.3 Å². The lowest BCUT2D eigenvalue weighted by Crippen LogP contribution is -2.31. The Morgan fingerprint density at radius 1 is 0.744 bits per heavy atom. The predicted molar refractivity (Wildman–Crippen MR) is 159 cm³/mol. The molecule has 1 heterocycles. The van der Waals surface area contributed by atoms with E-state index in [2.05, 4.69) is 94.2 Å². The zero-order valence-corrected chi connectivity index (χ0v) is 22.9. The minimum Gasteiger partial charge on any atom is -0.270 e. The first-order valence-corrected chi connectivity index (χ1v) is 15.0. The number of nitrogens with one attached hydrogen (secondary N) is 1. The summed E-state index contributed by atoms with van der Waals surface area (Å²) >= 11 is 0. The Hall–Kier alpha value is -3.78. The van der Waals surface area contributed by atoms with E-state index in [9.17, 15) is 5.26 Å². The van der Waals surface area contributed by atoms with E-state index in [0.717, 1.165) is 22.1 Å². The van der Waals surface area contributed by atoms with Crippen LogP contribution in [-0.4, -0.2) is 22.4 Å². The molecule has 1 fully saturated rings. The van der Waals surface area contributed by atoms with Crippen LogP contribution in [0.3, 0.4) is 0 Å². The van der Waals surface area contributed by atoms with Gasteiger partial charge >= 0.3 is 0 Å². The van der Waals surface area contributed by atoms with E-state index < -0.39 is 13.6 Å². The lowest BCUT2D eigenvalue weighted by molar-refractivity contribution is 0.416. The van der Waals surface area contributed by atoms with E-state index in [-0.39, 0.29) is 0 Å². The van der Waals surface area contributed by atoms with Crippen molar-refractivity contribution in [3.05, 3.63) is 131 Å². The standard InChI is InChI=1S/C33H31N4OP/c1-25-10-7-19-32-29(16-9-18-30(25)32)24-37-21-20-36(23-28-15-8-14-26-11-5-6-17-31(26)28)39(37,38)35-33(22-34)27-12-3-2-4-13-27/h2-19,33H,20-21,23-24H2,1H3,(H,35,38)/t33-,39?/m1/s1. The minimum absolute atomic E-state index is 0.531. The zero-order valence-electron chi connectivity index (χ0n) is 22.0. The lowest BCUT2D eigenvalue weighted by atomic mass is 10.0. The first kappa shape index (κ1) is 25.5. The second-order valence-corrected chi connectivity index (χ2v) is 12.6. The van der Waals surface area contributed by atoms with Crippen LogP contribution in [0.1, 0.15) is 28.3 Å². The molecule has 1 aliphatic rings. The number of hydrogen-bond acceptors (Lipinski definition) is 2. The summed E-state index contributed by atoms with van der Waals surface area (Å²) < 4.78 is 19.3. The molecule has 2 atom stereocenters. The van der Waals surface area contributed by atoms with Crippen molar-refractivity contribution in [1.29, 1.82) is 5.26 Å². The molecule has 6 heteroatoms. The summed E-state index contributed by atoms with van der Waals surface area (Å²) in [5.74, 6) is 0. The summed E-state index contributed by atoms with van der Waals surface area (Å²) in [6.45, 7) is 4.47. The van der Waals surface area contributed by atoms with Crippen molar-refractivity contribution in [2.75, 3.05) is 13.1 Å². The van der Waals surface area contributed by atoms with Gasteiger partial charge in [0.25, 0.3) is 7.59 Å². The van der Waals surface area contributed by atoms with Gasteiger partial charge in [0.05, 0.1) is 6.07 Å². The van der Waals surface area contributed by atoms with Gasteiger partial charge < -0.3 is 0 Å². The fourth-order valence-electron chi connectivity index (χ4n) is 5.68. The van der Waals surface area contributed by atoms with E-state index in [0.29, 0.717) is 26.2 Å². The van der Waals surface area contributed by atoms with Gasteiger partial charge in [0.2, 0.25) is 0 Å². The van der Waals surface area contributed by atoms with Crippen LogP contribution in [0.15, 0.2) is 109 Å². The molecule has 1 aliphatic heterocycles. The van der Waals surface area contributed by atoms with Crippen LogP contribution in [0.5, 0.6) is 0 Å². The molecule has 5 nitrogen and oxygen atoms in total. The summed E-state index contributed by atoms with van der Waals surface area (Å²) in [4.78, 5) is 0. The number of nitrogens with zero attached hydrogens (tertiary/aromatic N) is 3. The number of aryl methyl sites for hydroxylation is 1. The highest BCUT2D eigenvalue weighted by atomic mass is 31.2. The molecular formula is C33H31N4OP. The molecule has 0 aliphatic carbocycles. The van der Waals surface area contributed by atoms with E-state index in [1.807, 2.05) is 42.5 Å². The van der Waals surface area contributed by atoms with Gasteiger partial charge in [-0.2, -0.15) is 5.26 Å². The van der Waals surface area contributed by atoms with Crippen molar-refractivity contribution in [2.24, 2.45) is 0 Å². The Bertz CT molecular complexity index is 1720. The third-order valence-electron chi connectivity index (χ3n) is 7.76. The molecule has 1 unspecified atom stereocenters. The van der Waals surface area contributed by atoms with Crippen LogP contribution in [0.2, 0.25) is 0 Å². The Labute approximate surface area is 229 Å². The average molecular weight is 531 g/mol. The molecule has 6 rings (SSSR count). The molecule has 0 bridgehead atoms. The van der Waals surface area contributed by atoms with Crippen LogP contribution in [-0.2, 0) is 17.7 Å². The van der Waals surface area contributed by atoms with Gasteiger partial charge in [-0.15, -0.1) is 0 Å². The Morgan fingerprint density at radius 2 is 1.31 bits per heavy atom. The molecular weight excluding hydrogens is 499 g/mol. The maximum atomic E-state index is 15.2. The van der Waals surface area contributed by atoms with Crippen molar-refractivity contribution in [3.8, 4) is 6.07 Å². The highest BCUT2D eigenvalue weighted by molar-refractivity contribution is 7.57. The second kappa shape index (κ2) is 10.8. The zero-order chi connectivity index (χ0) is 26.8. The van der Waals surface area contributed by atoms with Crippen LogP contribution in [0.25, 0.3) is 21.5 Å². The van der Waals surface area contributed by atoms with Crippen molar-refractivity contribution >= 4 is 29.1 Å². The molecule has 0 aromatic heterocycles. The topological polar surface area (TPSA) is 59.4 Å². The first-order chi connectivity index (χ1) is 19.1. The van der Waals surface area contributed by atoms with Gasteiger partial charge in [-0.1, -0.05) is 109 Å². The summed E-state index contributed by atoms with van der Waals surface area (Å²) in [7, 11) is -3.33. The van der Waals surface area contributed by atoms with Crippen molar-refractivity contribution in [2.45, 2.75) is 26.1 Å². The van der Waals surface area contributed by atoms with Gasteiger partial charge in [-0.3, -0.25) is 4.57 Å². The fourth-order valence-corrected chi connectivity index (χ4v) is 8.32. The highest BCUT2D eigenvalue weighted by Gasteiger charge is 2.44. The third-order valence-corrected chi connectivity index (χ3v) is 10.6. The molecule has 0 radical (unpaired) electrons. The number of nitriles is 1. The monoisotopic (exact) mass is 530 g/mol. The van der Waals surface area contributed by atoms with E-state index >= 15 is 4.57 Å². The summed E-state index contributed by atoms with van der Waals surface area (Å²) in [5, 5.41) is 18.2. The van der Waals surface area contributed by atoms with Gasteiger partial charge in [-0.25, -0.2) is 14.4 Å². The summed E-state index contributed by atoms with van der Waals surface area (Å²) in [5.41, 5.74) is 4.31. The number of rotatable bonds is 7. The first-order valence-electron chi connectivity index (χ1n) is 13.3. The SMILES string of the molecule is Cc1cccc2c(CN3CCN(Cc4cccc5ccccc45)P3(=O)N[C@H](C#N)c3ccccc3)cccc12. The van der Waals surface area contributed by atoms with Gasteiger partial charge in [0.1, 0.15) is 6.04 Å². The normalized spacial score (nSPS) is 18.9. The van der Waals surface area contributed by atoms with Crippen LogP contribution >= 0.6 is 7.59 Å². The minimum atomic E-state index is -3.33. The van der Waals surface area contributed by atoms with Gasteiger partial charge in [0, 0.05) is 26.2 Å². The van der Waals surface area contributed by atoms with Crippen LogP contribution < -0.4 is 5.09 Å². The predicted octanol–water partition coefficient (Wildman–Crippen LogP) is 7.58. The van der Waals surface area contributed by atoms with E-state index in [4.69, 9.17) is 0 Å². The smallest absolute Gasteiger partial charge is 0.270 e. The molecule has 0 spiro atoms. The quantitative estimate of drug-likeness (QED) is 0.220. The van der Waals surface area contributed by atoms with E-state index in [1.165, 1.54) is 21.7 Å². The molecule has 1 saturated heterocycles. The van der Waals surface area contributed by atoms with Gasteiger partial charge in [-0.05, 0) is 50.7 Å². The number of hydrogen-bond donors (Lipinski definition) is 1. The molecule has 5 aromatic carbocycles. The molecule has 0 amide bonds. The Balaban J connectivity index is 1.39. The van der Waals surface area contributed by atoms with E-state index in [1.54, 1.807) is 0 Å². The number of benzene rings is 5. The van der Waals surface area contributed by atoms with Crippen LogP contribution in [0.4, 0.5) is 0 Å². The van der Waals surface area contributed by atoms with Crippen molar-refractivity contribution in [3.63, 3.8) is 0 Å². The largest absolute Gasteiger partial charge is 0.286 e. The molecule has 0 saturated carbocycles.